The van der Waals surface area contributed by atoms with Crippen LogP contribution in [0.2, 0.25) is 0 Å². The molecule has 1 saturated heterocycles. The minimum Gasteiger partial charge on any atom is -0.507 e. The van der Waals surface area contributed by atoms with Crippen molar-refractivity contribution in [1.82, 2.24) is 4.90 Å². The monoisotopic (exact) mass is 397 g/mol. The topological polar surface area (TPSA) is 40.5 Å². The Hall–Kier alpha value is -3.17. The highest BCUT2D eigenvalue weighted by Gasteiger charge is 2.25. The third-order valence-electron chi connectivity index (χ3n) is 5.78. The van der Waals surface area contributed by atoms with Gasteiger partial charge in [-0.15, -0.1) is 0 Å². The van der Waals surface area contributed by atoms with E-state index in [1.54, 1.807) is 30.3 Å². The zero-order chi connectivity index (χ0) is 20.8. The summed E-state index contributed by atoms with van der Waals surface area (Å²) in [5.74, 6) is -0.172. The summed E-state index contributed by atoms with van der Waals surface area (Å²) in [5, 5.41) is 9.95. The first-order chi connectivity index (χ1) is 14.7. The van der Waals surface area contributed by atoms with E-state index in [-0.39, 0.29) is 11.5 Å². The fourth-order valence-corrected chi connectivity index (χ4v) is 4.25. The van der Waals surface area contributed by atoms with Gasteiger partial charge in [0.05, 0.1) is 5.56 Å². The van der Waals surface area contributed by atoms with Gasteiger partial charge in [0.15, 0.2) is 5.78 Å². The molecule has 30 heavy (non-hydrogen) atoms. The van der Waals surface area contributed by atoms with Crippen molar-refractivity contribution in [2.75, 3.05) is 6.54 Å². The Labute approximate surface area is 178 Å². The maximum Gasteiger partial charge on any atom is 0.189 e. The predicted octanol–water partition coefficient (Wildman–Crippen LogP) is 6.02. The van der Waals surface area contributed by atoms with Gasteiger partial charge in [0.2, 0.25) is 0 Å². The highest BCUT2D eigenvalue weighted by molar-refractivity contribution is 6.08. The molecule has 0 spiro atoms. The van der Waals surface area contributed by atoms with Gasteiger partial charge in [0.25, 0.3) is 0 Å². The van der Waals surface area contributed by atoms with Crippen LogP contribution in [-0.4, -0.2) is 22.3 Å². The zero-order valence-electron chi connectivity index (χ0n) is 17.1. The lowest BCUT2D eigenvalue weighted by Gasteiger charge is -2.37. The molecule has 1 unspecified atom stereocenters. The van der Waals surface area contributed by atoms with E-state index >= 15 is 0 Å². The standard InChI is InChI=1S/C27H27NO2/c29-26-16-7-6-14-24(26)27(30)18-17-22-12-4-5-13-23(22)25-15-8-9-19-28(25)20-21-10-2-1-3-11-21/h1-7,10-14,16-18,25,29H,8-9,15,19-20H2. The fourth-order valence-electron chi connectivity index (χ4n) is 4.25. The van der Waals surface area contributed by atoms with Gasteiger partial charge in [0.1, 0.15) is 5.75 Å². The van der Waals surface area contributed by atoms with E-state index in [2.05, 4.69) is 53.4 Å². The lowest BCUT2D eigenvalue weighted by atomic mass is 9.91. The highest BCUT2D eigenvalue weighted by atomic mass is 16.3. The van der Waals surface area contributed by atoms with Crippen molar-refractivity contribution in [1.29, 1.82) is 0 Å². The lowest BCUT2D eigenvalue weighted by molar-refractivity contribution is 0.104. The quantitative estimate of drug-likeness (QED) is 0.409. The number of carbonyl (C=O) groups is 1. The van der Waals surface area contributed by atoms with E-state index in [9.17, 15) is 9.90 Å². The molecule has 3 heteroatoms. The molecule has 0 aromatic heterocycles. The van der Waals surface area contributed by atoms with Gasteiger partial charge < -0.3 is 5.11 Å². The Morgan fingerprint density at radius 3 is 2.50 bits per heavy atom. The third-order valence-corrected chi connectivity index (χ3v) is 5.78. The first-order valence-electron chi connectivity index (χ1n) is 10.6. The van der Waals surface area contributed by atoms with Gasteiger partial charge in [-0.1, -0.05) is 79.2 Å². The number of benzene rings is 3. The molecule has 0 aliphatic carbocycles. The molecular weight excluding hydrogens is 370 g/mol. The van der Waals surface area contributed by atoms with Gasteiger partial charge in [-0.3, -0.25) is 9.69 Å². The molecule has 1 atom stereocenters. The third kappa shape index (κ3) is 4.69. The normalized spacial score (nSPS) is 17.3. The van der Waals surface area contributed by atoms with Crippen LogP contribution in [0, 0.1) is 0 Å². The average Bonchev–Trinajstić information content (AvgIpc) is 2.79. The molecule has 1 aliphatic rings. The number of piperidine rings is 1. The summed E-state index contributed by atoms with van der Waals surface area (Å²) >= 11 is 0. The smallest absolute Gasteiger partial charge is 0.189 e. The molecule has 3 aromatic carbocycles. The van der Waals surface area contributed by atoms with Crippen molar-refractivity contribution in [2.45, 2.75) is 31.8 Å². The van der Waals surface area contributed by atoms with Gasteiger partial charge in [-0.25, -0.2) is 0 Å². The molecule has 0 radical (unpaired) electrons. The van der Waals surface area contributed by atoms with Crippen LogP contribution in [0.3, 0.4) is 0 Å². The van der Waals surface area contributed by atoms with Crippen molar-refractivity contribution in [3.8, 4) is 5.75 Å². The van der Waals surface area contributed by atoms with Crippen molar-refractivity contribution in [2.24, 2.45) is 0 Å². The Kier molecular flexibility index (Phi) is 6.41. The molecule has 1 fully saturated rings. The van der Waals surface area contributed by atoms with Crippen LogP contribution < -0.4 is 0 Å². The fraction of sp³-hybridized carbons (Fsp3) is 0.222. The summed E-state index contributed by atoms with van der Waals surface area (Å²) in [7, 11) is 0. The SMILES string of the molecule is O=C(C=Cc1ccccc1C1CCCCN1Cc1ccccc1)c1ccccc1O. The van der Waals surface area contributed by atoms with Crippen molar-refractivity contribution in [3.63, 3.8) is 0 Å². The molecule has 1 heterocycles. The second-order valence-electron chi connectivity index (χ2n) is 7.81. The maximum absolute atomic E-state index is 12.6. The van der Waals surface area contributed by atoms with E-state index in [0.29, 0.717) is 11.6 Å². The number of carbonyl (C=O) groups excluding carboxylic acids is 1. The van der Waals surface area contributed by atoms with Crippen LogP contribution >= 0.6 is 0 Å². The summed E-state index contributed by atoms with van der Waals surface area (Å²) in [6.07, 6.45) is 7.00. The van der Waals surface area contributed by atoms with Crippen molar-refractivity contribution in [3.05, 3.63) is 107 Å². The number of para-hydroxylation sites is 1. The van der Waals surface area contributed by atoms with Crippen LogP contribution in [-0.2, 0) is 6.54 Å². The Bertz CT molecular complexity index is 1030. The Balaban J connectivity index is 1.58. The molecule has 1 N–H and O–H groups in total. The van der Waals surface area contributed by atoms with Crippen LogP contribution in [0.1, 0.15) is 52.4 Å². The first kappa shape index (κ1) is 20.1. The zero-order valence-corrected chi connectivity index (χ0v) is 17.1. The first-order valence-corrected chi connectivity index (χ1v) is 10.6. The molecular formula is C27H27NO2. The molecule has 3 nitrogen and oxygen atoms in total. The van der Waals surface area contributed by atoms with E-state index in [0.717, 1.165) is 25.1 Å². The van der Waals surface area contributed by atoms with E-state index < -0.39 is 0 Å². The number of phenolic OH excluding ortho intramolecular Hbond substituents is 1. The molecule has 0 amide bonds. The van der Waals surface area contributed by atoms with Crippen molar-refractivity contribution >= 4 is 11.9 Å². The van der Waals surface area contributed by atoms with Crippen molar-refractivity contribution < 1.29 is 9.90 Å². The van der Waals surface area contributed by atoms with Crippen LogP contribution in [0.25, 0.3) is 6.08 Å². The van der Waals surface area contributed by atoms with E-state index in [1.165, 1.54) is 24.0 Å². The second kappa shape index (κ2) is 9.55. The van der Waals surface area contributed by atoms with Gasteiger partial charge in [0, 0.05) is 12.6 Å². The molecule has 4 rings (SSSR count). The molecule has 0 saturated carbocycles. The highest BCUT2D eigenvalue weighted by Crippen LogP contribution is 2.34. The number of rotatable bonds is 6. The molecule has 152 valence electrons. The van der Waals surface area contributed by atoms with Gasteiger partial charge >= 0.3 is 0 Å². The molecule has 1 aliphatic heterocycles. The van der Waals surface area contributed by atoms with Gasteiger partial charge in [-0.2, -0.15) is 0 Å². The Morgan fingerprint density at radius 1 is 0.933 bits per heavy atom. The summed E-state index contributed by atoms with van der Waals surface area (Å²) in [4.78, 5) is 15.1. The maximum atomic E-state index is 12.6. The number of likely N-dealkylation sites (tertiary alicyclic amines) is 1. The van der Waals surface area contributed by atoms with E-state index in [4.69, 9.17) is 0 Å². The molecule has 3 aromatic rings. The predicted molar refractivity (Wildman–Crippen MR) is 121 cm³/mol. The van der Waals surface area contributed by atoms with Crippen LogP contribution in [0.15, 0.2) is 84.9 Å². The van der Waals surface area contributed by atoms with Crippen LogP contribution in [0.5, 0.6) is 5.75 Å². The number of phenols is 1. The average molecular weight is 398 g/mol. The molecule has 0 bridgehead atoms. The number of allylic oxidation sites excluding steroid dienone is 1. The number of hydrogen-bond donors (Lipinski definition) is 1. The second-order valence-corrected chi connectivity index (χ2v) is 7.81. The van der Waals surface area contributed by atoms with Crippen LogP contribution in [0.4, 0.5) is 0 Å². The summed E-state index contributed by atoms with van der Waals surface area (Å²) in [6, 6.07) is 25.9. The number of aromatic hydroxyl groups is 1. The van der Waals surface area contributed by atoms with E-state index in [1.807, 2.05) is 12.1 Å². The van der Waals surface area contributed by atoms with Gasteiger partial charge in [-0.05, 0) is 54.3 Å². The number of hydrogen-bond acceptors (Lipinski definition) is 3. The lowest BCUT2D eigenvalue weighted by Crippen LogP contribution is -2.33. The number of nitrogens with zero attached hydrogens (tertiary/aromatic N) is 1. The summed E-state index contributed by atoms with van der Waals surface area (Å²) < 4.78 is 0. The summed E-state index contributed by atoms with van der Waals surface area (Å²) in [5.41, 5.74) is 3.97. The minimum atomic E-state index is -0.187. The number of ketones is 1. The Morgan fingerprint density at radius 2 is 1.67 bits per heavy atom. The largest absolute Gasteiger partial charge is 0.507 e. The minimum absolute atomic E-state index is 0.0155. The summed E-state index contributed by atoms with van der Waals surface area (Å²) in [6.45, 7) is 2.01.